The van der Waals surface area contributed by atoms with Crippen LogP contribution in [0.1, 0.15) is 0 Å². The Morgan fingerprint density at radius 3 is 2.10 bits per heavy atom. The Bertz CT molecular complexity index is 223. The van der Waals surface area contributed by atoms with E-state index in [9.17, 15) is 13.2 Å². The van der Waals surface area contributed by atoms with Gasteiger partial charge in [0.25, 0.3) is 5.91 Å². The van der Waals surface area contributed by atoms with Crippen LogP contribution in [0.4, 0.5) is 0 Å². The molecular formula is C4H8ClNO3S. The summed E-state index contributed by atoms with van der Waals surface area (Å²) in [7, 11) is -2.25. The van der Waals surface area contributed by atoms with Gasteiger partial charge in [0.05, 0.1) is 6.26 Å². The van der Waals surface area contributed by atoms with E-state index in [0.29, 0.717) is 4.31 Å². The largest absolute Gasteiger partial charge is 0.272 e. The molecule has 0 aliphatic rings. The molecule has 0 aliphatic carbocycles. The van der Waals surface area contributed by atoms with Gasteiger partial charge >= 0.3 is 0 Å². The van der Waals surface area contributed by atoms with E-state index in [1.807, 2.05) is 0 Å². The van der Waals surface area contributed by atoms with Crippen molar-refractivity contribution in [2.45, 2.75) is 0 Å². The second-order valence-electron chi connectivity index (χ2n) is 1.76. The third kappa shape index (κ3) is 2.53. The monoisotopic (exact) mass is 185 g/mol. The van der Waals surface area contributed by atoms with Crippen molar-refractivity contribution >= 4 is 27.5 Å². The average molecular weight is 186 g/mol. The molecule has 60 valence electrons. The molecule has 0 heterocycles. The van der Waals surface area contributed by atoms with E-state index in [1.54, 1.807) is 0 Å². The lowest BCUT2D eigenvalue weighted by Gasteiger charge is -2.11. The van der Waals surface area contributed by atoms with Crippen molar-refractivity contribution in [2.24, 2.45) is 0 Å². The topological polar surface area (TPSA) is 54.5 Å². The number of carbonyl (C=O) groups excluding carboxylic acids is 1. The summed E-state index contributed by atoms with van der Waals surface area (Å²) in [4.78, 5) is 10.6. The maximum Gasteiger partial charge on any atom is 0.250 e. The average Bonchev–Trinajstić information content (AvgIpc) is 1.83. The Kier molecular flexibility index (Phi) is 3.11. The molecule has 0 N–H and O–H groups in total. The normalized spacial score (nSPS) is 11.1. The minimum atomic E-state index is -3.41. The summed E-state index contributed by atoms with van der Waals surface area (Å²) >= 11 is 5.10. The molecule has 0 spiro atoms. The van der Waals surface area contributed by atoms with E-state index in [1.165, 1.54) is 7.05 Å². The molecule has 6 heteroatoms. The van der Waals surface area contributed by atoms with E-state index in [-0.39, 0.29) is 5.88 Å². The predicted molar refractivity (Wildman–Crippen MR) is 38.3 cm³/mol. The smallest absolute Gasteiger partial charge is 0.250 e. The third-order valence-corrected chi connectivity index (χ3v) is 2.39. The van der Waals surface area contributed by atoms with Crippen LogP contribution in [0.25, 0.3) is 0 Å². The van der Waals surface area contributed by atoms with Crippen molar-refractivity contribution in [1.82, 2.24) is 4.31 Å². The maximum absolute atomic E-state index is 10.6. The van der Waals surface area contributed by atoms with Crippen LogP contribution in [0.5, 0.6) is 0 Å². The van der Waals surface area contributed by atoms with E-state index in [4.69, 9.17) is 11.6 Å². The van der Waals surface area contributed by atoms with Crippen LogP contribution in [0.3, 0.4) is 0 Å². The number of rotatable bonds is 2. The number of alkyl halides is 1. The Morgan fingerprint density at radius 2 is 2.00 bits per heavy atom. The molecule has 0 radical (unpaired) electrons. The van der Waals surface area contributed by atoms with Gasteiger partial charge in [0, 0.05) is 7.05 Å². The van der Waals surface area contributed by atoms with Crippen molar-refractivity contribution in [3.8, 4) is 0 Å². The van der Waals surface area contributed by atoms with Crippen molar-refractivity contribution in [2.75, 3.05) is 19.2 Å². The number of sulfonamides is 1. The lowest BCUT2D eigenvalue weighted by atomic mass is 10.7. The molecule has 0 atom stereocenters. The van der Waals surface area contributed by atoms with Gasteiger partial charge in [-0.15, -0.1) is 11.6 Å². The summed E-state index contributed by atoms with van der Waals surface area (Å²) in [5.41, 5.74) is 0. The zero-order valence-corrected chi connectivity index (χ0v) is 7.24. The summed E-state index contributed by atoms with van der Waals surface area (Å²) in [5, 5.41) is 0. The summed E-state index contributed by atoms with van der Waals surface area (Å²) in [6.07, 6.45) is 0.942. The Labute approximate surface area is 64.8 Å². The van der Waals surface area contributed by atoms with Crippen LogP contribution < -0.4 is 0 Å². The fraction of sp³-hybridized carbons (Fsp3) is 0.750. The summed E-state index contributed by atoms with van der Waals surface area (Å²) in [5.74, 6) is -0.937. The van der Waals surface area contributed by atoms with E-state index in [2.05, 4.69) is 0 Å². The van der Waals surface area contributed by atoms with Crippen molar-refractivity contribution in [1.29, 1.82) is 0 Å². The molecule has 10 heavy (non-hydrogen) atoms. The number of amides is 1. The standard InChI is InChI=1S/C4H8ClNO3S/c1-6(4(7)3-5)10(2,8)9/h3H2,1-2H3. The molecule has 0 saturated heterocycles. The first kappa shape index (κ1) is 9.71. The Morgan fingerprint density at radius 1 is 1.60 bits per heavy atom. The molecular weight excluding hydrogens is 178 g/mol. The van der Waals surface area contributed by atoms with Gasteiger partial charge in [0.1, 0.15) is 5.88 Å². The van der Waals surface area contributed by atoms with Crippen molar-refractivity contribution < 1.29 is 13.2 Å². The minimum Gasteiger partial charge on any atom is -0.272 e. The fourth-order valence-electron chi connectivity index (χ4n) is 0.269. The number of hydrogen-bond donors (Lipinski definition) is 0. The van der Waals surface area contributed by atoms with Gasteiger partial charge < -0.3 is 0 Å². The highest BCUT2D eigenvalue weighted by Gasteiger charge is 2.15. The molecule has 0 aromatic carbocycles. The molecule has 4 nitrogen and oxygen atoms in total. The van der Waals surface area contributed by atoms with Crippen LogP contribution >= 0.6 is 11.6 Å². The molecule has 0 rings (SSSR count). The SMILES string of the molecule is CN(C(=O)CCl)S(C)(=O)=O. The van der Waals surface area contributed by atoms with Gasteiger partial charge in [-0.1, -0.05) is 0 Å². The molecule has 0 aliphatic heterocycles. The highest BCUT2D eigenvalue weighted by atomic mass is 35.5. The van der Waals surface area contributed by atoms with Gasteiger partial charge in [-0.25, -0.2) is 12.7 Å². The van der Waals surface area contributed by atoms with Crippen LogP contribution in [-0.2, 0) is 14.8 Å². The van der Waals surface area contributed by atoms with Gasteiger partial charge in [0.15, 0.2) is 0 Å². The van der Waals surface area contributed by atoms with Crippen LogP contribution in [0.2, 0.25) is 0 Å². The zero-order chi connectivity index (χ0) is 8.36. The second kappa shape index (κ2) is 3.21. The van der Waals surface area contributed by atoms with Gasteiger partial charge in [-0.3, -0.25) is 4.79 Å². The fourth-order valence-corrected chi connectivity index (χ4v) is 0.954. The van der Waals surface area contributed by atoms with Crippen molar-refractivity contribution in [3.63, 3.8) is 0 Å². The van der Waals surface area contributed by atoms with Crippen LogP contribution in [0, 0.1) is 0 Å². The Balaban J connectivity index is 4.39. The quantitative estimate of drug-likeness (QED) is 0.553. The van der Waals surface area contributed by atoms with Crippen LogP contribution in [-0.4, -0.2) is 37.8 Å². The summed E-state index contributed by atoms with van der Waals surface area (Å²) in [6, 6.07) is 0. The first-order valence-corrected chi connectivity index (χ1v) is 4.80. The molecule has 0 fully saturated rings. The zero-order valence-electron chi connectivity index (χ0n) is 5.67. The molecule has 1 amide bonds. The molecule has 0 unspecified atom stereocenters. The summed E-state index contributed by atoms with van der Waals surface area (Å²) < 4.78 is 21.8. The van der Waals surface area contributed by atoms with E-state index >= 15 is 0 Å². The van der Waals surface area contributed by atoms with Gasteiger partial charge in [0.2, 0.25) is 10.0 Å². The lowest BCUT2D eigenvalue weighted by molar-refractivity contribution is -0.123. The lowest BCUT2D eigenvalue weighted by Crippen LogP contribution is -2.32. The summed E-state index contributed by atoms with van der Waals surface area (Å²) in [6.45, 7) is 0. The highest BCUT2D eigenvalue weighted by molar-refractivity contribution is 7.88. The number of carbonyl (C=O) groups is 1. The third-order valence-electron chi connectivity index (χ3n) is 0.963. The van der Waals surface area contributed by atoms with E-state index < -0.39 is 15.9 Å². The highest BCUT2D eigenvalue weighted by Crippen LogP contribution is 1.94. The van der Waals surface area contributed by atoms with Crippen molar-refractivity contribution in [3.05, 3.63) is 0 Å². The van der Waals surface area contributed by atoms with Gasteiger partial charge in [-0.2, -0.15) is 0 Å². The second-order valence-corrected chi connectivity index (χ2v) is 4.04. The first-order valence-electron chi connectivity index (χ1n) is 2.42. The minimum absolute atomic E-state index is 0.316. The number of hydrogen-bond acceptors (Lipinski definition) is 3. The van der Waals surface area contributed by atoms with E-state index in [0.717, 1.165) is 6.26 Å². The number of halogens is 1. The molecule has 0 aromatic heterocycles. The number of nitrogens with zero attached hydrogens (tertiary/aromatic N) is 1. The first-order chi connectivity index (χ1) is 4.39. The molecule has 0 saturated carbocycles. The maximum atomic E-state index is 10.6. The molecule has 0 aromatic rings. The van der Waals surface area contributed by atoms with Gasteiger partial charge in [-0.05, 0) is 0 Å². The molecule has 0 bridgehead atoms. The predicted octanol–water partition coefficient (Wildman–Crippen LogP) is -0.357. The van der Waals surface area contributed by atoms with Crippen LogP contribution in [0.15, 0.2) is 0 Å². The Hall–Kier alpha value is -0.290.